The highest BCUT2D eigenvalue weighted by Crippen LogP contribution is 2.28. The molecule has 0 fully saturated rings. The molecule has 0 spiro atoms. The minimum Gasteiger partial charge on any atom is -0.444 e. The third kappa shape index (κ3) is 5.14. The van der Waals surface area contributed by atoms with Crippen LogP contribution in [0.2, 0.25) is 5.15 Å². The van der Waals surface area contributed by atoms with E-state index in [4.69, 9.17) is 16.3 Å². The molecule has 0 bridgehead atoms. The zero-order valence-electron chi connectivity index (χ0n) is 16.8. The van der Waals surface area contributed by atoms with Gasteiger partial charge in [-0.25, -0.2) is 9.48 Å². The Kier molecular flexibility index (Phi) is 5.93. The van der Waals surface area contributed by atoms with Gasteiger partial charge in [-0.05, 0) is 39.3 Å². The van der Waals surface area contributed by atoms with Crippen LogP contribution < -0.4 is 10.2 Å². The topological polar surface area (TPSA) is 89.4 Å². The number of halogens is 1. The fourth-order valence-electron chi connectivity index (χ4n) is 3.01. The standard InChI is InChI=1S/C20H24ClN5O3/c1-20(2,3)29-19(28)23-14-8-7-13(10-14)18(27)25(4)16-12-26(24-17(16)21)15-6-5-9-22-11-15/h5-9,11-14H,10H2,1-4H3,(H,23,28)/t13-,14+/m0/s1. The molecule has 0 saturated carbocycles. The van der Waals surface area contributed by atoms with Crippen LogP contribution >= 0.6 is 11.6 Å². The van der Waals surface area contributed by atoms with E-state index in [-0.39, 0.29) is 23.0 Å². The number of nitrogens with one attached hydrogen (secondary N) is 1. The van der Waals surface area contributed by atoms with Gasteiger partial charge in [0.2, 0.25) is 5.91 Å². The van der Waals surface area contributed by atoms with Gasteiger partial charge >= 0.3 is 6.09 Å². The summed E-state index contributed by atoms with van der Waals surface area (Å²) in [5, 5.41) is 7.24. The molecule has 2 aromatic heterocycles. The maximum absolute atomic E-state index is 12.9. The van der Waals surface area contributed by atoms with E-state index < -0.39 is 11.7 Å². The molecule has 1 aliphatic carbocycles. The molecule has 0 aromatic carbocycles. The van der Waals surface area contributed by atoms with Gasteiger partial charge in [0.25, 0.3) is 0 Å². The summed E-state index contributed by atoms with van der Waals surface area (Å²) >= 11 is 6.26. The van der Waals surface area contributed by atoms with Crippen LogP contribution in [-0.4, -0.2) is 45.5 Å². The maximum atomic E-state index is 12.9. The van der Waals surface area contributed by atoms with Crippen LogP contribution in [0.5, 0.6) is 0 Å². The fourth-order valence-corrected chi connectivity index (χ4v) is 3.26. The number of anilines is 1. The molecule has 0 unspecified atom stereocenters. The minimum atomic E-state index is -0.576. The van der Waals surface area contributed by atoms with E-state index in [1.54, 1.807) is 69.3 Å². The molecule has 2 amide bonds. The van der Waals surface area contributed by atoms with Crippen molar-refractivity contribution in [2.24, 2.45) is 5.92 Å². The summed E-state index contributed by atoms with van der Waals surface area (Å²) in [6.45, 7) is 5.40. The third-order valence-corrected chi connectivity index (χ3v) is 4.63. The smallest absolute Gasteiger partial charge is 0.408 e. The summed E-state index contributed by atoms with van der Waals surface area (Å²) in [6, 6.07) is 3.37. The lowest BCUT2D eigenvalue weighted by molar-refractivity contribution is -0.120. The van der Waals surface area contributed by atoms with Crippen molar-refractivity contribution in [3.05, 3.63) is 48.0 Å². The van der Waals surface area contributed by atoms with Crippen LogP contribution in [-0.2, 0) is 9.53 Å². The Hall–Kier alpha value is -2.87. The molecule has 0 saturated heterocycles. The number of rotatable bonds is 4. The Morgan fingerprint density at radius 2 is 2.10 bits per heavy atom. The van der Waals surface area contributed by atoms with Crippen molar-refractivity contribution in [3.8, 4) is 5.69 Å². The Labute approximate surface area is 174 Å². The Morgan fingerprint density at radius 3 is 2.76 bits per heavy atom. The molecule has 2 heterocycles. The number of ether oxygens (including phenoxy) is 1. The highest BCUT2D eigenvalue weighted by molar-refractivity contribution is 6.32. The second-order valence-electron chi connectivity index (χ2n) is 7.84. The number of alkyl carbamates (subject to hydrolysis) is 1. The van der Waals surface area contributed by atoms with Crippen molar-refractivity contribution >= 4 is 29.3 Å². The lowest BCUT2D eigenvalue weighted by atomic mass is 10.1. The molecule has 1 aliphatic rings. The normalized spacial score (nSPS) is 18.5. The lowest BCUT2D eigenvalue weighted by Gasteiger charge is -2.22. The quantitative estimate of drug-likeness (QED) is 0.770. The van der Waals surface area contributed by atoms with E-state index in [1.807, 2.05) is 6.07 Å². The molecule has 29 heavy (non-hydrogen) atoms. The first kappa shape index (κ1) is 20.9. The largest absolute Gasteiger partial charge is 0.444 e. The number of pyridine rings is 1. The fraction of sp³-hybridized carbons (Fsp3) is 0.400. The first-order valence-electron chi connectivity index (χ1n) is 9.25. The summed E-state index contributed by atoms with van der Waals surface area (Å²) in [5.74, 6) is -0.514. The number of amides is 2. The summed E-state index contributed by atoms with van der Waals surface area (Å²) in [7, 11) is 1.65. The van der Waals surface area contributed by atoms with Gasteiger partial charge in [-0.1, -0.05) is 23.8 Å². The summed E-state index contributed by atoms with van der Waals surface area (Å²) in [5.41, 5.74) is 0.661. The molecule has 8 nitrogen and oxygen atoms in total. The van der Waals surface area contributed by atoms with Crippen LogP contribution in [0.1, 0.15) is 27.2 Å². The van der Waals surface area contributed by atoms with Crippen molar-refractivity contribution in [2.45, 2.75) is 38.8 Å². The van der Waals surface area contributed by atoms with E-state index in [2.05, 4.69) is 15.4 Å². The SMILES string of the molecule is CN(C(=O)[C@H]1C=C[C@@H](NC(=O)OC(C)(C)C)C1)c1cn(-c2cccnc2)nc1Cl. The average molecular weight is 418 g/mol. The predicted molar refractivity (Wildman–Crippen MR) is 110 cm³/mol. The van der Waals surface area contributed by atoms with Crippen molar-refractivity contribution < 1.29 is 14.3 Å². The van der Waals surface area contributed by atoms with Crippen molar-refractivity contribution in [2.75, 3.05) is 11.9 Å². The molecule has 1 N–H and O–H groups in total. The van der Waals surface area contributed by atoms with Crippen LogP contribution in [0, 0.1) is 5.92 Å². The van der Waals surface area contributed by atoms with Gasteiger partial charge < -0.3 is 15.0 Å². The molecule has 0 radical (unpaired) electrons. The third-order valence-electron chi connectivity index (χ3n) is 4.36. The Morgan fingerprint density at radius 1 is 1.34 bits per heavy atom. The van der Waals surface area contributed by atoms with Gasteiger partial charge in [0, 0.05) is 13.2 Å². The number of carbonyl (C=O) groups is 2. The van der Waals surface area contributed by atoms with E-state index in [9.17, 15) is 9.59 Å². The van der Waals surface area contributed by atoms with Crippen LogP contribution in [0.4, 0.5) is 10.5 Å². The van der Waals surface area contributed by atoms with Crippen molar-refractivity contribution in [3.63, 3.8) is 0 Å². The average Bonchev–Trinajstić information content (AvgIpc) is 3.26. The van der Waals surface area contributed by atoms with Crippen molar-refractivity contribution in [1.82, 2.24) is 20.1 Å². The van der Waals surface area contributed by atoms with Crippen LogP contribution in [0.3, 0.4) is 0 Å². The first-order valence-corrected chi connectivity index (χ1v) is 9.63. The number of carbonyl (C=O) groups excluding carboxylic acids is 2. The maximum Gasteiger partial charge on any atom is 0.408 e. The number of nitrogens with zero attached hydrogens (tertiary/aromatic N) is 4. The van der Waals surface area contributed by atoms with Gasteiger partial charge in [-0.2, -0.15) is 5.10 Å². The Balaban J connectivity index is 1.64. The zero-order valence-corrected chi connectivity index (χ0v) is 17.6. The summed E-state index contributed by atoms with van der Waals surface area (Å²) in [4.78, 5) is 30.4. The molecular weight excluding hydrogens is 394 g/mol. The second-order valence-corrected chi connectivity index (χ2v) is 8.20. The number of hydrogen-bond acceptors (Lipinski definition) is 5. The van der Waals surface area contributed by atoms with Crippen LogP contribution in [0.25, 0.3) is 5.69 Å². The summed E-state index contributed by atoms with van der Waals surface area (Å²) in [6.07, 6.45) is 8.56. The minimum absolute atomic E-state index is 0.137. The van der Waals surface area contributed by atoms with Gasteiger partial charge in [0.15, 0.2) is 5.15 Å². The molecule has 2 atom stereocenters. The van der Waals surface area contributed by atoms with E-state index in [1.165, 1.54) is 4.90 Å². The molecule has 0 aliphatic heterocycles. The second kappa shape index (κ2) is 8.24. The molecule has 154 valence electrons. The number of aromatic nitrogens is 3. The monoisotopic (exact) mass is 417 g/mol. The van der Waals surface area contributed by atoms with Crippen LogP contribution in [0.15, 0.2) is 42.9 Å². The van der Waals surface area contributed by atoms with Gasteiger partial charge in [-0.3, -0.25) is 9.78 Å². The molecule has 3 rings (SSSR count). The first-order chi connectivity index (χ1) is 13.6. The lowest BCUT2D eigenvalue weighted by Crippen LogP contribution is -2.39. The van der Waals surface area contributed by atoms with Gasteiger partial charge in [0.1, 0.15) is 11.3 Å². The predicted octanol–water partition coefficient (Wildman–Crippen LogP) is 3.35. The van der Waals surface area contributed by atoms with E-state index in [0.717, 1.165) is 5.69 Å². The number of hydrogen-bond donors (Lipinski definition) is 1. The van der Waals surface area contributed by atoms with E-state index in [0.29, 0.717) is 12.1 Å². The van der Waals surface area contributed by atoms with E-state index >= 15 is 0 Å². The van der Waals surface area contributed by atoms with Crippen molar-refractivity contribution in [1.29, 1.82) is 0 Å². The summed E-state index contributed by atoms with van der Waals surface area (Å²) < 4.78 is 6.84. The molecular formula is C20H24ClN5O3. The highest BCUT2D eigenvalue weighted by Gasteiger charge is 2.30. The highest BCUT2D eigenvalue weighted by atomic mass is 35.5. The molecule has 2 aromatic rings. The zero-order chi connectivity index (χ0) is 21.2. The molecule has 9 heteroatoms. The Bertz CT molecular complexity index is 920. The van der Waals surface area contributed by atoms with Gasteiger partial charge in [-0.15, -0.1) is 0 Å². The van der Waals surface area contributed by atoms with Gasteiger partial charge in [0.05, 0.1) is 30.0 Å².